The second-order valence-corrected chi connectivity index (χ2v) is 7.11. The van der Waals surface area contributed by atoms with Crippen LogP contribution in [0.15, 0.2) is 48.5 Å². The molecule has 1 saturated carbocycles. The molecule has 0 radical (unpaired) electrons. The molecule has 1 aromatic heterocycles. The van der Waals surface area contributed by atoms with Gasteiger partial charge >= 0.3 is 0 Å². The molecule has 7 nitrogen and oxygen atoms in total. The zero-order valence-corrected chi connectivity index (χ0v) is 16.0. The predicted molar refractivity (Wildman–Crippen MR) is 105 cm³/mol. The van der Waals surface area contributed by atoms with Crippen molar-refractivity contribution in [1.29, 1.82) is 0 Å². The summed E-state index contributed by atoms with van der Waals surface area (Å²) in [5.41, 5.74) is 6.68. The monoisotopic (exact) mass is 398 g/mol. The van der Waals surface area contributed by atoms with Crippen LogP contribution in [0.3, 0.4) is 0 Å². The first kappa shape index (κ1) is 19.4. The van der Waals surface area contributed by atoms with E-state index in [1.807, 2.05) is 24.3 Å². The summed E-state index contributed by atoms with van der Waals surface area (Å²) in [6.45, 7) is 0.142. The molecule has 2 aromatic carbocycles. The minimum absolute atomic E-state index is 0.0439. The minimum Gasteiger partial charge on any atom is -0.493 e. The molecule has 1 aliphatic carbocycles. The average Bonchev–Trinajstić information content (AvgIpc) is 3.30. The Labute approximate surface area is 167 Å². The number of rotatable bonds is 6. The summed E-state index contributed by atoms with van der Waals surface area (Å²) in [5, 5.41) is 14.6. The smallest absolute Gasteiger partial charge is 0.188 e. The van der Waals surface area contributed by atoms with Crippen LogP contribution in [0.4, 0.5) is 4.39 Å². The van der Waals surface area contributed by atoms with Crippen LogP contribution in [-0.2, 0) is 6.61 Å². The van der Waals surface area contributed by atoms with E-state index in [0.717, 1.165) is 0 Å². The summed E-state index contributed by atoms with van der Waals surface area (Å²) < 4.78 is 26.2. The van der Waals surface area contributed by atoms with Crippen molar-refractivity contribution < 1.29 is 19.0 Å². The molecular formula is C21H23FN4O3. The van der Waals surface area contributed by atoms with Crippen molar-refractivity contribution in [2.24, 2.45) is 5.73 Å². The number of ether oxygens (including phenoxy) is 2. The number of methoxy groups -OCH3 is 1. The number of halogens is 1. The largest absolute Gasteiger partial charge is 0.493 e. The first-order valence-electron chi connectivity index (χ1n) is 9.46. The number of aliphatic hydroxyl groups is 1. The van der Waals surface area contributed by atoms with E-state index >= 15 is 0 Å². The lowest BCUT2D eigenvalue weighted by molar-refractivity contribution is 0.163. The van der Waals surface area contributed by atoms with Gasteiger partial charge < -0.3 is 20.3 Å². The van der Waals surface area contributed by atoms with Gasteiger partial charge in [0.15, 0.2) is 17.3 Å². The summed E-state index contributed by atoms with van der Waals surface area (Å²) >= 11 is 0. The van der Waals surface area contributed by atoms with Crippen LogP contribution in [0.1, 0.15) is 30.4 Å². The van der Waals surface area contributed by atoms with Gasteiger partial charge in [-0.15, -0.1) is 5.10 Å². The van der Waals surface area contributed by atoms with Crippen molar-refractivity contribution >= 4 is 0 Å². The standard InChI is InChI=1S/C21H23FN4O3/c1-28-18-4-2-3-5-19(18)29-12-20-24-21(13-10-16(23)17(27)11-13)26(25-20)15-8-6-14(22)7-9-15/h2-9,13,16-17,27H,10-12,23H2,1H3/t13-,16+,17+/m0/s1. The Bertz CT molecular complexity index is 966. The highest BCUT2D eigenvalue weighted by molar-refractivity contribution is 5.39. The molecular weight excluding hydrogens is 375 g/mol. The Morgan fingerprint density at radius 1 is 1.14 bits per heavy atom. The average molecular weight is 398 g/mol. The van der Waals surface area contributed by atoms with Crippen molar-refractivity contribution in [2.45, 2.75) is 37.5 Å². The summed E-state index contributed by atoms with van der Waals surface area (Å²) in [7, 11) is 1.58. The summed E-state index contributed by atoms with van der Waals surface area (Å²) in [6.07, 6.45) is 0.536. The molecule has 3 N–H and O–H groups in total. The second-order valence-electron chi connectivity index (χ2n) is 7.11. The summed E-state index contributed by atoms with van der Waals surface area (Å²) in [4.78, 5) is 4.66. The van der Waals surface area contributed by atoms with Crippen molar-refractivity contribution in [3.8, 4) is 17.2 Å². The van der Waals surface area contributed by atoms with E-state index in [0.29, 0.717) is 41.7 Å². The maximum Gasteiger partial charge on any atom is 0.188 e. The van der Waals surface area contributed by atoms with E-state index in [-0.39, 0.29) is 24.4 Å². The normalized spacial score (nSPS) is 21.3. The number of para-hydroxylation sites is 2. The van der Waals surface area contributed by atoms with E-state index in [1.54, 1.807) is 23.9 Å². The molecule has 152 valence electrons. The van der Waals surface area contributed by atoms with Crippen LogP contribution in [0.5, 0.6) is 11.5 Å². The van der Waals surface area contributed by atoms with E-state index in [2.05, 4.69) is 10.1 Å². The van der Waals surface area contributed by atoms with Gasteiger partial charge in [0, 0.05) is 12.0 Å². The molecule has 3 atom stereocenters. The fourth-order valence-corrected chi connectivity index (χ4v) is 3.61. The highest BCUT2D eigenvalue weighted by atomic mass is 19.1. The van der Waals surface area contributed by atoms with Gasteiger partial charge in [0.2, 0.25) is 0 Å². The molecule has 0 aliphatic heterocycles. The summed E-state index contributed by atoms with van der Waals surface area (Å²) in [5.74, 6) is 2.00. The molecule has 0 unspecified atom stereocenters. The molecule has 8 heteroatoms. The number of aliphatic hydroxyl groups excluding tert-OH is 1. The lowest BCUT2D eigenvalue weighted by Crippen LogP contribution is -2.28. The number of hydrogen-bond acceptors (Lipinski definition) is 6. The maximum atomic E-state index is 13.4. The minimum atomic E-state index is -0.577. The zero-order chi connectivity index (χ0) is 20.4. The Morgan fingerprint density at radius 3 is 2.52 bits per heavy atom. The van der Waals surface area contributed by atoms with Crippen molar-refractivity contribution in [1.82, 2.24) is 14.8 Å². The van der Waals surface area contributed by atoms with Gasteiger partial charge in [0.1, 0.15) is 18.2 Å². The second kappa shape index (κ2) is 8.18. The first-order valence-corrected chi connectivity index (χ1v) is 9.46. The van der Waals surface area contributed by atoms with E-state index in [4.69, 9.17) is 15.2 Å². The Balaban J connectivity index is 1.63. The van der Waals surface area contributed by atoms with E-state index < -0.39 is 6.10 Å². The molecule has 1 fully saturated rings. The Kier molecular flexibility index (Phi) is 5.46. The highest BCUT2D eigenvalue weighted by Crippen LogP contribution is 2.34. The Morgan fingerprint density at radius 2 is 1.86 bits per heavy atom. The third kappa shape index (κ3) is 4.08. The van der Waals surface area contributed by atoms with E-state index in [9.17, 15) is 9.50 Å². The van der Waals surface area contributed by atoms with Crippen molar-refractivity contribution in [3.63, 3.8) is 0 Å². The van der Waals surface area contributed by atoms with Gasteiger partial charge in [-0.25, -0.2) is 14.1 Å². The zero-order valence-electron chi connectivity index (χ0n) is 16.0. The Hall–Kier alpha value is -2.97. The third-order valence-corrected chi connectivity index (χ3v) is 5.12. The van der Waals surface area contributed by atoms with Gasteiger partial charge in [0.05, 0.1) is 18.9 Å². The van der Waals surface area contributed by atoms with Gasteiger partial charge in [-0.2, -0.15) is 0 Å². The van der Waals surface area contributed by atoms with Gasteiger partial charge in [-0.3, -0.25) is 0 Å². The predicted octanol–water partition coefficient (Wildman–Crippen LogP) is 2.56. The maximum absolute atomic E-state index is 13.4. The number of hydrogen-bond donors (Lipinski definition) is 2. The number of aromatic nitrogens is 3. The topological polar surface area (TPSA) is 95.4 Å². The van der Waals surface area contributed by atoms with Gasteiger partial charge in [-0.05, 0) is 49.2 Å². The quantitative estimate of drug-likeness (QED) is 0.663. The first-order chi connectivity index (χ1) is 14.0. The number of benzene rings is 2. The fraction of sp³-hybridized carbons (Fsp3) is 0.333. The lowest BCUT2D eigenvalue weighted by Gasteiger charge is -2.11. The lowest BCUT2D eigenvalue weighted by atomic mass is 10.1. The molecule has 29 heavy (non-hydrogen) atoms. The highest BCUT2D eigenvalue weighted by Gasteiger charge is 2.35. The van der Waals surface area contributed by atoms with Crippen LogP contribution in [-0.4, -0.2) is 39.1 Å². The molecule has 3 aromatic rings. The molecule has 4 rings (SSSR count). The van der Waals surface area contributed by atoms with E-state index in [1.165, 1.54) is 12.1 Å². The molecule has 0 spiro atoms. The number of nitrogens with zero attached hydrogens (tertiary/aromatic N) is 3. The molecule has 0 bridgehead atoms. The third-order valence-electron chi connectivity index (χ3n) is 5.12. The number of nitrogens with two attached hydrogens (primary N) is 1. The molecule has 1 aliphatic rings. The van der Waals surface area contributed by atoms with Crippen molar-refractivity contribution in [2.75, 3.05) is 7.11 Å². The SMILES string of the molecule is COc1ccccc1OCc1nc([C@H]2C[C@@H](N)[C@H](O)C2)n(-c2ccc(F)cc2)n1. The van der Waals surface area contributed by atoms with Crippen LogP contribution in [0.25, 0.3) is 5.69 Å². The fourth-order valence-electron chi connectivity index (χ4n) is 3.61. The van der Waals surface area contributed by atoms with Crippen LogP contribution >= 0.6 is 0 Å². The van der Waals surface area contributed by atoms with Gasteiger partial charge in [-0.1, -0.05) is 12.1 Å². The summed E-state index contributed by atoms with van der Waals surface area (Å²) in [6, 6.07) is 13.1. The molecule has 1 heterocycles. The van der Waals surface area contributed by atoms with Crippen LogP contribution < -0.4 is 15.2 Å². The van der Waals surface area contributed by atoms with Crippen LogP contribution in [0.2, 0.25) is 0 Å². The van der Waals surface area contributed by atoms with Crippen LogP contribution in [0, 0.1) is 5.82 Å². The molecule has 0 saturated heterocycles. The van der Waals surface area contributed by atoms with Crippen molar-refractivity contribution in [3.05, 3.63) is 66.0 Å². The van der Waals surface area contributed by atoms with Gasteiger partial charge in [0.25, 0.3) is 0 Å². The molecule has 0 amide bonds.